The molecule has 3 N–H and O–H groups in total. The number of aryl methyl sites for hydroxylation is 1. The summed E-state index contributed by atoms with van der Waals surface area (Å²) in [6, 6.07) is 12.3. The highest BCUT2D eigenvalue weighted by Crippen LogP contribution is 2.32. The van der Waals surface area contributed by atoms with Gasteiger partial charge in [-0.3, -0.25) is 0 Å². The highest BCUT2D eigenvalue weighted by molar-refractivity contribution is 5.91. The number of ether oxygens (including phenoxy) is 1. The molecule has 11 heteroatoms. The maximum atomic E-state index is 13.0. The largest absolute Gasteiger partial charge is 0.495 e. The molecule has 216 valence electrons. The van der Waals surface area contributed by atoms with Gasteiger partial charge < -0.3 is 39.9 Å². The number of rotatable bonds is 6. The number of methoxy groups -OCH3 is 1. The third kappa shape index (κ3) is 8.37. The molecule has 0 bridgehead atoms. The van der Waals surface area contributed by atoms with Crippen LogP contribution < -0.4 is 19.9 Å². The van der Waals surface area contributed by atoms with E-state index in [1.807, 2.05) is 23.1 Å². The van der Waals surface area contributed by atoms with Crippen molar-refractivity contribution in [1.82, 2.24) is 9.80 Å². The number of anilines is 3. The summed E-state index contributed by atoms with van der Waals surface area (Å²) in [5.74, 6) is -1.67. The Labute approximate surface area is 235 Å². The molecule has 2 amide bonds. The third-order valence-corrected chi connectivity index (χ3v) is 7.13. The summed E-state index contributed by atoms with van der Waals surface area (Å²) in [6.07, 6.45) is 1.12. The molecule has 2 fully saturated rings. The van der Waals surface area contributed by atoms with Crippen LogP contribution in [0.4, 0.5) is 21.9 Å². The van der Waals surface area contributed by atoms with Gasteiger partial charge in [-0.15, -0.1) is 0 Å². The highest BCUT2D eigenvalue weighted by Gasteiger charge is 2.23. The fraction of sp³-hybridized carbons (Fsp3) is 0.414. The second kappa shape index (κ2) is 14.2. The minimum absolute atomic E-state index is 0.0416. The van der Waals surface area contributed by atoms with Crippen LogP contribution in [0.3, 0.4) is 0 Å². The van der Waals surface area contributed by atoms with Gasteiger partial charge in [-0.25, -0.2) is 14.4 Å². The molecular formula is C29H39N5O6. The number of hydrogen-bond donors (Lipinski definition) is 3. The molecule has 2 aliphatic heterocycles. The van der Waals surface area contributed by atoms with Gasteiger partial charge in [-0.2, -0.15) is 0 Å². The number of benzene rings is 2. The van der Waals surface area contributed by atoms with Crippen molar-refractivity contribution in [2.24, 2.45) is 0 Å². The normalized spacial score (nSPS) is 15.8. The zero-order chi connectivity index (χ0) is 29.2. The lowest BCUT2D eigenvalue weighted by atomic mass is 10.1. The van der Waals surface area contributed by atoms with Crippen LogP contribution in [0.25, 0.3) is 0 Å². The molecule has 11 nitrogen and oxygen atoms in total. The maximum Gasteiger partial charge on any atom is 0.328 e. The Morgan fingerprint density at radius 1 is 0.825 bits per heavy atom. The number of carbonyl (C=O) groups is 3. The zero-order valence-corrected chi connectivity index (χ0v) is 23.6. The first-order valence-electron chi connectivity index (χ1n) is 13.2. The quantitative estimate of drug-likeness (QED) is 0.463. The van der Waals surface area contributed by atoms with E-state index in [-0.39, 0.29) is 6.03 Å². The van der Waals surface area contributed by atoms with Crippen LogP contribution in [0.1, 0.15) is 11.1 Å². The van der Waals surface area contributed by atoms with E-state index in [2.05, 4.69) is 59.1 Å². The van der Waals surface area contributed by atoms with Gasteiger partial charge in [0.2, 0.25) is 0 Å². The van der Waals surface area contributed by atoms with Crippen molar-refractivity contribution in [2.75, 3.05) is 81.6 Å². The maximum absolute atomic E-state index is 13.0. The van der Waals surface area contributed by atoms with Gasteiger partial charge in [-0.1, -0.05) is 12.1 Å². The van der Waals surface area contributed by atoms with Crippen molar-refractivity contribution in [3.05, 3.63) is 59.7 Å². The van der Waals surface area contributed by atoms with Crippen molar-refractivity contribution in [3.63, 3.8) is 0 Å². The lowest BCUT2D eigenvalue weighted by molar-refractivity contribution is -0.134. The van der Waals surface area contributed by atoms with E-state index in [4.69, 9.17) is 14.9 Å². The minimum Gasteiger partial charge on any atom is -0.495 e. The van der Waals surface area contributed by atoms with E-state index >= 15 is 0 Å². The number of hydrogen-bond acceptors (Lipinski definition) is 7. The van der Waals surface area contributed by atoms with Gasteiger partial charge in [0.1, 0.15) is 5.75 Å². The van der Waals surface area contributed by atoms with E-state index in [0.29, 0.717) is 25.2 Å². The number of nitrogens with zero attached hydrogens (tertiary/aromatic N) is 4. The topological polar surface area (TPSA) is 126 Å². The summed E-state index contributed by atoms with van der Waals surface area (Å²) < 4.78 is 5.59. The predicted octanol–water partition coefficient (Wildman–Crippen LogP) is 3.13. The van der Waals surface area contributed by atoms with Crippen molar-refractivity contribution in [1.29, 1.82) is 0 Å². The first kappa shape index (κ1) is 30.3. The highest BCUT2D eigenvalue weighted by atomic mass is 16.5. The summed E-state index contributed by atoms with van der Waals surface area (Å²) in [7, 11) is 3.84. The van der Waals surface area contributed by atoms with Gasteiger partial charge in [-0.05, 0) is 56.3 Å². The number of nitrogens with one attached hydrogen (secondary N) is 1. The van der Waals surface area contributed by atoms with E-state index in [0.717, 1.165) is 56.4 Å². The van der Waals surface area contributed by atoms with Gasteiger partial charge in [0.15, 0.2) is 0 Å². The van der Waals surface area contributed by atoms with Gasteiger partial charge >= 0.3 is 18.0 Å². The van der Waals surface area contributed by atoms with Crippen LogP contribution in [-0.4, -0.2) is 104 Å². The molecule has 0 spiro atoms. The Morgan fingerprint density at radius 3 is 1.98 bits per heavy atom. The number of aliphatic carboxylic acids is 2. The number of carbonyl (C=O) groups excluding carboxylic acids is 1. The molecule has 0 unspecified atom stereocenters. The van der Waals surface area contributed by atoms with E-state index in [9.17, 15) is 14.4 Å². The number of amides is 2. The van der Waals surface area contributed by atoms with Crippen LogP contribution >= 0.6 is 0 Å². The Morgan fingerprint density at radius 2 is 1.40 bits per heavy atom. The summed E-state index contributed by atoms with van der Waals surface area (Å²) in [5.41, 5.74) is 5.75. The van der Waals surface area contributed by atoms with E-state index in [1.54, 1.807) is 7.11 Å². The molecule has 4 rings (SSSR count). The number of likely N-dealkylation sites (N-methyl/N-ethyl adjacent to an activating group) is 1. The van der Waals surface area contributed by atoms with Crippen LogP contribution in [0.2, 0.25) is 0 Å². The summed E-state index contributed by atoms with van der Waals surface area (Å²) in [6.45, 7) is 11.4. The van der Waals surface area contributed by atoms with Gasteiger partial charge in [0.05, 0.1) is 12.8 Å². The van der Waals surface area contributed by atoms with Gasteiger partial charge in [0, 0.05) is 75.9 Å². The average Bonchev–Trinajstić information content (AvgIpc) is 2.94. The number of urea groups is 1. The first-order valence-corrected chi connectivity index (χ1v) is 13.2. The Kier molecular flexibility index (Phi) is 10.8. The summed E-state index contributed by atoms with van der Waals surface area (Å²) in [5, 5.41) is 18.7. The Bertz CT molecular complexity index is 1200. The molecule has 40 heavy (non-hydrogen) atoms. The Balaban J connectivity index is 0.000000482. The van der Waals surface area contributed by atoms with E-state index < -0.39 is 11.9 Å². The second-order valence-electron chi connectivity index (χ2n) is 9.81. The molecule has 0 radical (unpaired) electrons. The number of piperazine rings is 2. The molecule has 2 aromatic rings. The molecule has 0 aliphatic carbocycles. The molecule has 0 atom stereocenters. The van der Waals surface area contributed by atoms with Crippen molar-refractivity contribution in [3.8, 4) is 5.75 Å². The SMILES string of the molecule is COc1ccc(NC(=O)N2CCN(c3cccc(C)c3C)CC2)cc1N1CCN(C)CC1.O=C(O)/C=C/C(=O)O. The van der Waals surface area contributed by atoms with Crippen molar-refractivity contribution < 1.29 is 29.3 Å². The molecule has 2 heterocycles. The van der Waals surface area contributed by atoms with Crippen molar-refractivity contribution in [2.45, 2.75) is 13.8 Å². The zero-order valence-electron chi connectivity index (χ0n) is 23.6. The number of carboxylic acids is 2. The molecule has 2 aromatic carbocycles. The lowest BCUT2D eigenvalue weighted by Gasteiger charge is -2.37. The fourth-order valence-electron chi connectivity index (χ4n) is 4.64. The standard InChI is InChI=1S/C25H35N5O2.C4H4O4/c1-19-6-5-7-22(20(19)2)28-14-16-30(17-15-28)25(31)26-21-8-9-24(32-4)23(18-21)29-12-10-27(3)11-13-29;5-3(6)1-2-4(7)8/h5-9,18H,10-17H2,1-4H3,(H,26,31);1-2H,(H,5,6)(H,7,8)/b;2-1+. The third-order valence-electron chi connectivity index (χ3n) is 7.13. The van der Waals surface area contributed by atoms with E-state index in [1.165, 1.54) is 16.8 Å². The molecule has 2 saturated heterocycles. The smallest absolute Gasteiger partial charge is 0.328 e. The minimum atomic E-state index is -1.26. The number of carboxylic acid groups (broad SMARTS) is 2. The summed E-state index contributed by atoms with van der Waals surface area (Å²) in [4.78, 5) is 41.0. The Hall–Kier alpha value is -4.25. The molecule has 0 saturated carbocycles. The lowest BCUT2D eigenvalue weighted by Crippen LogP contribution is -2.50. The average molecular weight is 554 g/mol. The summed E-state index contributed by atoms with van der Waals surface area (Å²) >= 11 is 0. The van der Waals surface area contributed by atoms with Crippen LogP contribution in [0.15, 0.2) is 48.6 Å². The van der Waals surface area contributed by atoms with Crippen LogP contribution in [0.5, 0.6) is 5.75 Å². The monoisotopic (exact) mass is 553 g/mol. The molecular weight excluding hydrogens is 514 g/mol. The first-order chi connectivity index (χ1) is 19.1. The fourth-order valence-corrected chi connectivity index (χ4v) is 4.64. The predicted molar refractivity (Wildman–Crippen MR) is 156 cm³/mol. The van der Waals surface area contributed by atoms with Crippen molar-refractivity contribution >= 4 is 35.0 Å². The van der Waals surface area contributed by atoms with Gasteiger partial charge in [0.25, 0.3) is 0 Å². The van der Waals surface area contributed by atoms with Crippen LogP contribution in [-0.2, 0) is 9.59 Å². The molecule has 0 aromatic heterocycles. The second-order valence-corrected chi connectivity index (χ2v) is 9.81. The van der Waals surface area contributed by atoms with Crippen LogP contribution in [0, 0.1) is 13.8 Å². The molecule has 2 aliphatic rings.